The maximum atomic E-state index is 13.8. The molecule has 5 rings (SSSR count). The van der Waals surface area contributed by atoms with Gasteiger partial charge in [0.25, 0.3) is 5.91 Å². The van der Waals surface area contributed by atoms with Gasteiger partial charge in [0.2, 0.25) is 11.1 Å². The summed E-state index contributed by atoms with van der Waals surface area (Å²) < 4.78 is 18.1. The Balaban J connectivity index is 1.52. The number of carbonyl (C=O) groups excluding carboxylic acids is 1. The Morgan fingerprint density at radius 2 is 1.70 bits per heavy atom. The van der Waals surface area contributed by atoms with Gasteiger partial charge in [0.1, 0.15) is 23.3 Å². The topological polar surface area (TPSA) is 99.5 Å². The van der Waals surface area contributed by atoms with Gasteiger partial charge in [0.05, 0.1) is 26.9 Å². The lowest BCUT2D eigenvalue weighted by atomic mass is 9.94. The highest BCUT2D eigenvalue weighted by Crippen LogP contribution is 2.41. The Kier molecular flexibility index (Phi) is 8.18. The van der Waals surface area contributed by atoms with Crippen molar-refractivity contribution in [3.8, 4) is 17.2 Å². The fraction of sp³-hybridized carbons (Fsp3) is 0.207. The number of ether oxygens (including phenoxy) is 3. The monoisotopic (exact) mass is 577 g/mol. The van der Waals surface area contributed by atoms with Crippen molar-refractivity contribution in [2.75, 3.05) is 32.0 Å². The van der Waals surface area contributed by atoms with Crippen molar-refractivity contribution in [2.45, 2.75) is 23.9 Å². The van der Waals surface area contributed by atoms with Crippen molar-refractivity contribution >= 4 is 40.9 Å². The number of anilines is 2. The predicted molar refractivity (Wildman–Crippen MR) is 157 cm³/mol. The van der Waals surface area contributed by atoms with Crippen molar-refractivity contribution < 1.29 is 19.0 Å². The molecule has 4 aromatic rings. The third-order valence-corrected chi connectivity index (χ3v) is 7.60. The second-order valence-corrected chi connectivity index (χ2v) is 10.3. The predicted octanol–water partition coefficient (Wildman–Crippen LogP) is 6.18. The fourth-order valence-electron chi connectivity index (χ4n) is 4.42. The summed E-state index contributed by atoms with van der Waals surface area (Å²) in [5, 5.41) is 12.4. The SMILES string of the molecule is COc1ccc(NC(=O)C2=C(C)Nc3nc(SCc4ccc(Cl)cc4)nn3C2c2ccc(OC)cc2OC)cc1. The maximum absolute atomic E-state index is 13.8. The van der Waals surface area contributed by atoms with Gasteiger partial charge >= 0.3 is 0 Å². The number of nitrogens with one attached hydrogen (secondary N) is 2. The van der Waals surface area contributed by atoms with Gasteiger partial charge in [-0.15, -0.1) is 5.10 Å². The van der Waals surface area contributed by atoms with E-state index in [0.29, 0.717) is 56.1 Å². The number of nitrogens with zero attached hydrogens (tertiary/aromatic N) is 3. The highest BCUT2D eigenvalue weighted by molar-refractivity contribution is 7.98. The zero-order valence-corrected chi connectivity index (χ0v) is 24.0. The number of rotatable bonds is 9. The molecule has 40 heavy (non-hydrogen) atoms. The molecule has 0 spiro atoms. The molecule has 1 aliphatic heterocycles. The van der Waals surface area contributed by atoms with E-state index in [1.165, 1.54) is 11.8 Å². The number of methoxy groups -OCH3 is 3. The summed E-state index contributed by atoms with van der Waals surface area (Å²) in [6.07, 6.45) is 0. The van der Waals surface area contributed by atoms with Crippen molar-refractivity contribution in [3.63, 3.8) is 0 Å². The Morgan fingerprint density at radius 1 is 1.00 bits per heavy atom. The number of amides is 1. The number of allylic oxidation sites excluding steroid dienone is 1. The van der Waals surface area contributed by atoms with E-state index in [1.54, 1.807) is 56.3 Å². The van der Waals surface area contributed by atoms with E-state index < -0.39 is 6.04 Å². The third kappa shape index (κ3) is 5.73. The van der Waals surface area contributed by atoms with Crippen LogP contribution in [0.1, 0.15) is 24.1 Å². The standard InChI is InChI=1S/C29H28ClN5O4S/c1-17-25(27(36)32-20-9-11-21(37-2)12-10-20)26(23-14-13-22(38-3)15-24(23)39-4)35-28(31-17)33-29(34-35)40-16-18-5-7-19(30)8-6-18/h5-15,26H,16H2,1-4H3,(H,32,36)(H,31,33,34). The Hall–Kier alpha value is -4.15. The summed E-state index contributed by atoms with van der Waals surface area (Å²) in [5.74, 6) is 2.80. The van der Waals surface area contributed by atoms with Gasteiger partial charge in [-0.2, -0.15) is 4.98 Å². The maximum Gasteiger partial charge on any atom is 0.255 e. The molecule has 2 heterocycles. The van der Waals surface area contributed by atoms with E-state index in [1.807, 2.05) is 43.3 Å². The lowest BCUT2D eigenvalue weighted by Gasteiger charge is -2.29. The Morgan fingerprint density at radius 3 is 2.38 bits per heavy atom. The lowest BCUT2D eigenvalue weighted by molar-refractivity contribution is -0.113. The molecule has 11 heteroatoms. The van der Waals surface area contributed by atoms with Crippen LogP contribution in [-0.2, 0) is 10.5 Å². The number of thioether (sulfide) groups is 1. The molecular weight excluding hydrogens is 550 g/mol. The average molecular weight is 578 g/mol. The number of halogens is 1. The summed E-state index contributed by atoms with van der Waals surface area (Å²) in [7, 11) is 4.78. The van der Waals surface area contributed by atoms with Crippen LogP contribution >= 0.6 is 23.4 Å². The zero-order valence-electron chi connectivity index (χ0n) is 22.4. The molecule has 206 valence electrons. The van der Waals surface area contributed by atoms with E-state index in [9.17, 15) is 4.79 Å². The molecule has 2 N–H and O–H groups in total. The molecule has 3 aromatic carbocycles. The molecular formula is C29H28ClN5O4S. The molecule has 1 aromatic heterocycles. The molecule has 1 amide bonds. The van der Waals surface area contributed by atoms with E-state index in [4.69, 9.17) is 35.9 Å². The second-order valence-electron chi connectivity index (χ2n) is 8.93. The first-order valence-corrected chi connectivity index (χ1v) is 13.8. The second kappa shape index (κ2) is 11.9. The molecule has 0 bridgehead atoms. The van der Waals surface area contributed by atoms with E-state index in [0.717, 1.165) is 11.1 Å². The molecule has 1 unspecified atom stereocenters. The minimum absolute atomic E-state index is 0.283. The smallest absolute Gasteiger partial charge is 0.255 e. The van der Waals surface area contributed by atoms with Crippen molar-refractivity contribution in [1.82, 2.24) is 14.8 Å². The molecule has 9 nitrogen and oxygen atoms in total. The molecule has 0 saturated heterocycles. The number of aromatic nitrogens is 3. The molecule has 0 radical (unpaired) electrons. The first-order chi connectivity index (χ1) is 19.4. The van der Waals surface area contributed by atoms with E-state index >= 15 is 0 Å². The minimum atomic E-state index is -0.618. The number of hydrogen-bond donors (Lipinski definition) is 2. The van der Waals surface area contributed by atoms with Gasteiger partial charge in [-0.25, -0.2) is 4.68 Å². The summed E-state index contributed by atoms with van der Waals surface area (Å²) >= 11 is 7.52. The van der Waals surface area contributed by atoms with Crippen LogP contribution in [0.25, 0.3) is 0 Å². The summed E-state index contributed by atoms with van der Waals surface area (Å²) in [6, 6.07) is 19.7. The average Bonchev–Trinajstić information content (AvgIpc) is 3.38. The fourth-order valence-corrected chi connectivity index (χ4v) is 5.33. The van der Waals surface area contributed by atoms with E-state index in [-0.39, 0.29) is 5.91 Å². The number of hydrogen-bond acceptors (Lipinski definition) is 8. The quantitative estimate of drug-likeness (QED) is 0.228. The van der Waals surface area contributed by atoms with Gasteiger partial charge in [0, 0.05) is 33.8 Å². The van der Waals surface area contributed by atoms with Crippen molar-refractivity contribution in [3.05, 3.63) is 94.1 Å². The Labute approximate surface area is 241 Å². The minimum Gasteiger partial charge on any atom is -0.497 e. The van der Waals surface area contributed by atoms with Crippen molar-refractivity contribution in [1.29, 1.82) is 0 Å². The zero-order chi connectivity index (χ0) is 28.2. The molecule has 0 saturated carbocycles. The van der Waals surface area contributed by atoms with Gasteiger partial charge in [-0.1, -0.05) is 35.5 Å². The number of carbonyl (C=O) groups is 1. The third-order valence-electron chi connectivity index (χ3n) is 6.44. The van der Waals surface area contributed by atoms with Crippen LogP contribution in [0.3, 0.4) is 0 Å². The van der Waals surface area contributed by atoms with Crippen LogP contribution in [-0.4, -0.2) is 42.0 Å². The largest absolute Gasteiger partial charge is 0.497 e. The van der Waals surface area contributed by atoms with E-state index in [2.05, 4.69) is 10.6 Å². The molecule has 1 atom stereocenters. The van der Waals surface area contributed by atoms with Crippen LogP contribution < -0.4 is 24.8 Å². The Bertz CT molecular complexity index is 1550. The highest BCUT2D eigenvalue weighted by atomic mass is 35.5. The van der Waals surface area contributed by atoms with Crippen molar-refractivity contribution in [2.24, 2.45) is 0 Å². The van der Waals surface area contributed by atoms with Crippen LogP contribution in [0.15, 0.2) is 83.2 Å². The highest BCUT2D eigenvalue weighted by Gasteiger charge is 2.36. The van der Waals surface area contributed by atoms with Gasteiger partial charge in [-0.05, 0) is 61.0 Å². The lowest BCUT2D eigenvalue weighted by Crippen LogP contribution is -2.31. The first-order valence-electron chi connectivity index (χ1n) is 12.4. The molecule has 0 aliphatic carbocycles. The van der Waals surface area contributed by atoms with Crippen LogP contribution in [0.2, 0.25) is 5.02 Å². The number of benzene rings is 3. The van der Waals surface area contributed by atoms with Gasteiger partial charge < -0.3 is 24.8 Å². The summed E-state index contributed by atoms with van der Waals surface area (Å²) in [5.41, 5.74) is 3.60. The van der Waals surface area contributed by atoms with Gasteiger partial charge in [0.15, 0.2) is 0 Å². The number of fused-ring (bicyclic) bond motifs is 1. The normalized spacial score (nSPS) is 14.3. The summed E-state index contributed by atoms with van der Waals surface area (Å²) in [6.45, 7) is 1.85. The van der Waals surface area contributed by atoms with Crippen LogP contribution in [0.5, 0.6) is 17.2 Å². The summed E-state index contributed by atoms with van der Waals surface area (Å²) in [4.78, 5) is 18.5. The molecule has 0 fully saturated rings. The first kappa shape index (κ1) is 27.4. The molecule has 1 aliphatic rings. The van der Waals surface area contributed by atoms with Crippen LogP contribution in [0.4, 0.5) is 11.6 Å². The van der Waals surface area contributed by atoms with Gasteiger partial charge in [-0.3, -0.25) is 4.79 Å². The van der Waals surface area contributed by atoms with Crippen LogP contribution in [0, 0.1) is 0 Å².